The van der Waals surface area contributed by atoms with E-state index in [-0.39, 0.29) is 31.0 Å². The highest BCUT2D eigenvalue weighted by molar-refractivity contribution is 5.95. The van der Waals surface area contributed by atoms with Crippen LogP contribution < -0.4 is 4.90 Å². The van der Waals surface area contributed by atoms with Crippen molar-refractivity contribution in [1.82, 2.24) is 9.80 Å². The Morgan fingerprint density at radius 3 is 1.93 bits per heavy atom. The van der Waals surface area contributed by atoms with Gasteiger partial charge in [-0.05, 0) is 60.8 Å². The van der Waals surface area contributed by atoms with Crippen molar-refractivity contribution in [3.8, 4) is 0 Å². The maximum absolute atomic E-state index is 13.5. The first-order valence-corrected chi connectivity index (χ1v) is 13.6. The first-order valence-electron chi connectivity index (χ1n) is 13.6. The van der Waals surface area contributed by atoms with Crippen LogP contribution in [-0.2, 0) is 12.4 Å². The van der Waals surface area contributed by atoms with Crippen LogP contribution in [0.3, 0.4) is 0 Å². The van der Waals surface area contributed by atoms with Crippen LogP contribution in [0.1, 0.15) is 50.9 Å². The third-order valence-electron chi connectivity index (χ3n) is 8.13. The number of benzene rings is 3. The van der Waals surface area contributed by atoms with E-state index in [1.54, 1.807) is 0 Å². The van der Waals surface area contributed by atoms with E-state index in [1.165, 1.54) is 4.90 Å². The van der Waals surface area contributed by atoms with Crippen molar-refractivity contribution in [3.63, 3.8) is 0 Å². The molecule has 0 spiro atoms. The van der Waals surface area contributed by atoms with Crippen LogP contribution >= 0.6 is 0 Å². The molecule has 2 aliphatic heterocycles. The highest BCUT2D eigenvalue weighted by atomic mass is 19.4. The average Bonchev–Trinajstić information content (AvgIpc) is 2.96. The number of likely N-dealkylation sites (N-methyl/N-ethyl adjacent to an activating group) is 1. The van der Waals surface area contributed by atoms with Crippen molar-refractivity contribution in [1.29, 1.82) is 0 Å². The minimum atomic E-state index is -5.02. The Morgan fingerprint density at radius 2 is 1.32 bits per heavy atom. The molecule has 0 saturated carbocycles. The van der Waals surface area contributed by atoms with Crippen LogP contribution in [0.2, 0.25) is 0 Å². The SMILES string of the molecule is CN1CCN(c2cccc([C@@H]3CCN(C(=O)c4cc(C(F)(F)F)cc(C(F)(F)F)c4)C[C@@H]3c3ccccc3)c2)CC1. The maximum atomic E-state index is 13.5. The van der Waals surface area contributed by atoms with Gasteiger partial charge in [0.25, 0.3) is 5.91 Å². The molecule has 5 rings (SSSR count). The summed E-state index contributed by atoms with van der Waals surface area (Å²) in [4.78, 5) is 19.4. The standard InChI is InChI=1S/C31H31F6N3O/c1-38-12-14-39(15-13-38)26-9-5-8-22(18-26)27-10-11-40(20-28(27)21-6-3-2-4-7-21)29(41)23-16-24(30(32,33)34)19-25(17-23)31(35,36)37/h2-9,16-19,27-28H,10-15,20H2,1H3/t27-,28+/m0/s1. The Morgan fingerprint density at radius 1 is 0.707 bits per heavy atom. The van der Waals surface area contributed by atoms with E-state index in [9.17, 15) is 31.1 Å². The van der Waals surface area contributed by atoms with Gasteiger partial charge in [-0.15, -0.1) is 0 Å². The molecule has 4 nitrogen and oxygen atoms in total. The zero-order valence-corrected chi connectivity index (χ0v) is 22.6. The molecule has 0 aromatic heterocycles. The van der Waals surface area contributed by atoms with Crippen LogP contribution in [0.4, 0.5) is 32.0 Å². The molecule has 3 aromatic carbocycles. The molecule has 2 atom stereocenters. The summed E-state index contributed by atoms with van der Waals surface area (Å²) >= 11 is 0. The van der Waals surface area contributed by atoms with Crippen molar-refractivity contribution in [2.24, 2.45) is 0 Å². The first-order chi connectivity index (χ1) is 19.4. The van der Waals surface area contributed by atoms with Crippen LogP contribution in [-0.4, -0.2) is 62.0 Å². The Hall–Kier alpha value is -3.53. The topological polar surface area (TPSA) is 26.8 Å². The van der Waals surface area contributed by atoms with Gasteiger partial charge in [0.2, 0.25) is 0 Å². The van der Waals surface area contributed by atoms with Crippen LogP contribution in [0, 0.1) is 0 Å². The fraction of sp³-hybridized carbons (Fsp3) is 0.387. The van der Waals surface area contributed by atoms with Gasteiger partial charge in [0.1, 0.15) is 0 Å². The van der Waals surface area contributed by atoms with Gasteiger partial charge in [-0.3, -0.25) is 4.79 Å². The lowest BCUT2D eigenvalue weighted by atomic mass is 9.76. The third kappa shape index (κ3) is 6.53. The molecule has 0 bridgehead atoms. The van der Waals surface area contributed by atoms with E-state index in [0.29, 0.717) is 18.6 Å². The number of alkyl halides is 6. The van der Waals surface area contributed by atoms with Crippen LogP contribution in [0.25, 0.3) is 0 Å². The van der Waals surface area contributed by atoms with Gasteiger partial charge < -0.3 is 14.7 Å². The Balaban J connectivity index is 1.45. The van der Waals surface area contributed by atoms with E-state index in [2.05, 4.69) is 35.0 Å². The van der Waals surface area contributed by atoms with E-state index < -0.39 is 35.0 Å². The molecule has 0 radical (unpaired) electrons. The number of rotatable bonds is 4. The molecule has 2 aliphatic rings. The number of anilines is 1. The predicted octanol–water partition coefficient (Wildman–Crippen LogP) is 6.89. The second-order valence-electron chi connectivity index (χ2n) is 10.8. The fourth-order valence-electron chi connectivity index (χ4n) is 5.85. The highest BCUT2D eigenvalue weighted by Crippen LogP contribution is 2.42. The largest absolute Gasteiger partial charge is 0.416 e. The molecule has 0 aliphatic carbocycles. The molecular formula is C31H31F6N3O. The molecule has 1 amide bonds. The number of nitrogens with zero attached hydrogens (tertiary/aromatic N) is 3. The summed E-state index contributed by atoms with van der Waals surface area (Å²) in [5.41, 5.74) is -0.434. The normalized spacial score (nSPS) is 20.8. The van der Waals surface area contributed by atoms with E-state index >= 15 is 0 Å². The highest BCUT2D eigenvalue weighted by Gasteiger charge is 2.39. The third-order valence-corrected chi connectivity index (χ3v) is 8.13. The van der Waals surface area contributed by atoms with Crippen molar-refractivity contribution < 1.29 is 31.1 Å². The number of carbonyl (C=O) groups is 1. The zero-order valence-electron chi connectivity index (χ0n) is 22.6. The van der Waals surface area contributed by atoms with Gasteiger partial charge in [0.05, 0.1) is 11.1 Å². The van der Waals surface area contributed by atoms with E-state index in [1.807, 2.05) is 36.4 Å². The van der Waals surface area contributed by atoms with E-state index in [0.717, 1.165) is 43.0 Å². The minimum absolute atomic E-state index is 0.0149. The lowest BCUT2D eigenvalue weighted by Crippen LogP contribution is -2.44. The second kappa shape index (κ2) is 11.4. The summed E-state index contributed by atoms with van der Waals surface area (Å²) in [7, 11) is 2.09. The molecule has 218 valence electrons. The number of piperidine rings is 1. The molecule has 2 heterocycles. The smallest absolute Gasteiger partial charge is 0.369 e. The van der Waals surface area contributed by atoms with Crippen LogP contribution in [0.5, 0.6) is 0 Å². The minimum Gasteiger partial charge on any atom is -0.369 e. The van der Waals surface area contributed by atoms with Gasteiger partial charge in [0, 0.05) is 56.4 Å². The van der Waals surface area contributed by atoms with Gasteiger partial charge in [-0.1, -0.05) is 42.5 Å². The summed E-state index contributed by atoms with van der Waals surface area (Å²) in [6.45, 7) is 4.12. The predicted molar refractivity (Wildman–Crippen MR) is 145 cm³/mol. The second-order valence-corrected chi connectivity index (χ2v) is 10.8. The van der Waals surface area contributed by atoms with Crippen molar-refractivity contribution in [2.75, 3.05) is 51.2 Å². The summed E-state index contributed by atoms with van der Waals surface area (Å²) in [5.74, 6) is -1.02. The molecule has 0 N–H and O–H groups in total. The van der Waals surface area contributed by atoms with Gasteiger partial charge >= 0.3 is 12.4 Å². The quantitative estimate of drug-likeness (QED) is 0.317. The van der Waals surface area contributed by atoms with E-state index in [4.69, 9.17) is 0 Å². The molecule has 2 saturated heterocycles. The fourth-order valence-corrected chi connectivity index (χ4v) is 5.85. The Bertz CT molecular complexity index is 1330. The lowest BCUT2D eigenvalue weighted by molar-refractivity contribution is -0.143. The summed E-state index contributed by atoms with van der Waals surface area (Å²) in [5, 5.41) is 0. The lowest BCUT2D eigenvalue weighted by Gasteiger charge is -2.40. The number of hydrogen-bond donors (Lipinski definition) is 0. The number of amides is 1. The first kappa shape index (κ1) is 29.0. The number of piperazine rings is 1. The summed E-state index contributed by atoms with van der Waals surface area (Å²) in [6.07, 6.45) is -9.53. The Kier molecular flexibility index (Phi) is 8.05. The van der Waals surface area contributed by atoms with Gasteiger partial charge in [0.15, 0.2) is 0 Å². The molecule has 2 fully saturated rings. The summed E-state index contributed by atoms with van der Waals surface area (Å²) < 4.78 is 80.7. The summed E-state index contributed by atoms with van der Waals surface area (Å²) in [6, 6.07) is 18.9. The average molecular weight is 576 g/mol. The van der Waals surface area contributed by atoms with Crippen molar-refractivity contribution in [3.05, 3.63) is 101 Å². The van der Waals surface area contributed by atoms with Gasteiger partial charge in [-0.25, -0.2) is 0 Å². The molecular weight excluding hydrogens is 544 g/mol. The number of halogens is 6. The number of carbonyl (C=O) groups excluding carboxylic acids is 1. The monoisotopic (exact) mass is 575 g/mol. The van der Waals surface area contributed by atoms with Crippen LogP contribution in [0.15, 0.2) is 72.8 Å². The molecule has 10 heteroatoms. The number of hydrogen-bond acceptors (Lipinski definition) is 3. The Labute approximate surface area is 235 Å². The molecule has 0 unspecified atom stereocenters. The molecule has 41 heavy (non-hydrogen) atoms. The van der Waals surface area contributed by atoms with Gasteiger partial charge in [-0.2, -0.15) is 26.3 Å². The zero-order chi connectivity index (χ0) is 29.4. The number of likely N-dealkylation sites (tertiary alicyclic amines) is 1. The molecule has 3 aromatic rings. The maximum Gasteiger partial charge on any atom is 0.416 e. The van der Waals surface area contributed by atoms with Crippen molar-refractivity contribution in [2.45, 2.75) is 30.6 Å². The van der Waals surface area contributed by atoms with Crippen molar-refractivity contribution >= 4 is 11.6 Å².